The number of amides is 1. The van der Waals surface area contributed by atoms with Crippen molar-refractivity contribution in [1.29, 1.82) is 0 Å². The van der Waals surface area contributed by atoms with Crippen molar-refractivity contribution in [3.63, 3.8) is 0 Å². The van der Waals surface area contributed by atoms with E-state index in [1.807, 2.05) is 51.2 Å². The smallest absolute Gasteiger partial charge is 0.255 e. The first-order valence-corrected chi connectivity index (χ1v) is 11.2. The molecule has 1 aromatic carbocycles. The minimum atomic E-state index is -0.294. The van der Waals surface area contributed by atoms with Gasteiger partial charge in [-0.1, -0.05) is 6.07 Å². The number of carbonyl (C=O) groups excluding carboxylic acids is 1. The first kappa shape index (κ1) is 21.4. The topological polar surface area (TPSA) is 86.2 Å². The lowest BCUT2D eigenvalue weighted by atomic mass is 10.1. The Hall–Kier alpha value is -2.84. The van der Waals surface area contributed by atoms with Gasteiger partial charge in [-0.05, 0) is 57.9 Å². The molecular formula is C23H26N4O3S. The Morgan fingerprint density at radius 1 is 1.29 bits per heavy atom. The van der Waals surface area contributed by atoms with Gasteiger partial charge in [-0.25, -0.2) is 4.98 Å². The molecule has 0 saturated carbocycles. The van der Waals surface area contributed by atoms with Crippen molar-refractivity contribution < 1.29 is 14.3 Å². The molecule has 1 aliphatic heterocycles. The molecule has 1 fully saturated rings. The fourth-order valence-corrected chi connectivity index (χ4v) is 4.25. The maximum Gasteiger partial charge on any atom is 0.255 e. The molecule has 0 radical (unpaired) electrons. The van der Waals surface area contributed by atoms with Crippen molar-refractivity contribution in [1.82, 2.24) is 20.5 Å². The lowest BCUT2D eigenvalue weighted by molar-refractivity contribution is 0.0672. The van der Waals surface area contributed by atoms with Crippen LogP contribution in [0.5, 0.6) is 5.75 Å². The molecule has 3 aromatic rings. The lowest BCUT2D eigenvalue weighted by Crippen LogP contribution is -2.28. The van der Waals surface area contributed by atoms with E-state index in [4.69, 9.17) is 9.47 Å². The van der Waals surface area contributed by atoms with Crippen LogP contribution in [0.15, 0.2) is 36.5 Å². The summed E-state index contributed by atoms with van der Waals surface area (Å²) in [5.41, 5.74) is 2.81. The zero-order valence-corrected chi connectivity index (χ0v) is 18.7. The van der Waals surface area contributed by atoms with Crippen LogP contribution >= 0.6 is 11.3 Å². The van der Waals surface area contributed by atoms with E-state index in [1.54, 1.807) is 17.4 Å². The van der Waals surface area contributed by atoms with E-state index in [0.29, 0.717) is 23.6 Å². The maximum absolute atomic E-state index is 13.2. The van der Waals surface area contributed by atoms with Gasteiger partial charge in [0.2, 0.25) is 0 Å². The molecule has 0 spiro atoms. The molecular weight excluding hydrogens is 412 g/mol. The summed E-state index contributed by atoms with van der Waals surface area (Å²) in [7, 11) is 0. The molecule has 162 valence electrons. The average molecular weight is 439 g/mol. The number of rotatable bonds is 7. The van der Waals surface area contributed by atoms with E-state index in [2.05, 4.69) is 20.5 Å². The van der Waals surface area contributed by atoms with Crippen LogP contribution in [0.3, 0.4) is 0 Å². The third-order valence-corrected chi connectivity index (χ3v) is 6.10. The number of benzene rings is 1. The zero-order valence-electron chi connectivity index (χ0n) is 17.9. The number of hydrogen-bond acceptors (Lipinski definition) is 7. The molecule has 2 atom stereocenters. The van der Waals surface area contributed by atoms with Gasteiger partial charge < -0.3 is 14.8 Å². The summed E-state index contributed by atoms with van der Waals surface area (Å²) in [4.78, 5) is 18.8. The largest absolute Gasteiger partial charge is 0.489 e. The first-order chi connectivity index (χ1) is 15.0. The molecule has 1 saturated heterocycles. The van der Waals surface area contributed by atoms with E-state index in [1.165, 1.54) is 0 Å². The molecule has 0 bridgehead atoms. The Kier molecular flexibility index (Phi) is 6.58. The van der Waals surface area contributed by atoms with Gasteiger partial charge in [-0.15, -0.1) is 11.3 Å². The fraction of sp³-hybridized carbons (Fsp3) is 0.391. The van der Waals surface area contributed by atoms with Crippen LogP contribution in [0, 0.1) is 13.8 Å². The molecule has 4 rings (SSSR count). The Morgan fingerprint density at radius 3 is 2.84 bits per heavy atom. The third-order valence-electron chi connectivity index (χ3n) is 5.16. The van der Waals surface area contributed by atoms with Crippen molar-refractivity contribution in [2.45, 2.75) is 45.8 Å². The fourth-order valence-electron chi connectivity index (χ4n) is 3.46. The second kappa shape index (κ2) is 9.53. The Labute approximate surface area is 185 Å². The number of thiazole rings is 1. The number of hydrogen-bond donors (Lipinski definition) is 1. The average Bonchev–Trinajstić information content (AvgIpc) is 3.44. The van der Waals surface area contributed by atoms with E-state index in [9.17, 15) is 4.79 Å². The van der Waals surface area contributed by atoms with Gasteiger partial charge in [0.15, 0.2) is 0 Å². The van der Waals surface area contributed by atoms with Crippen LogP contribution < -0.4 is 10.1 Å². The predicted molar refractivity (Wildman–Crippen MR) is 119 cm³/mol. The maximum atomic E-state index is 13.2. The molecule has 0 aliphatic carbocycles. The Bertz CT molecular complexity index is 1050. The molecule has 2 aromatic heterocycles. The highest BCUT2D eigenvalue weighted by Gasteiger charge is 2.23. The second-order valence-corrected chi connectivity index (χ2v) is 8.93. The number of aromatic nitrogens is 3. The molecule has 7 nitrogen and oxygen atoms in total. The molecule has 1 aliphatic rings. The van der Waals surface area contributed by atoms with Gasteiger partial charge in [-0.3, -0.25) is 4.79 Å². The molecule has 0 unspecified atom stereocenters. The summed E-state index contributed by atoms with van der Waals surface area (Å²) in [5, 5.41) is 12.1. The number of ether oxygens (including phenoxy) is 2. The third kappa shape index (κ3) is 5.08. The summed E-state index contributed by atoms with van der Waals surface area (Å²) in [5.74, 6) is 0.305. The van der Waals surface area contributed by atoms with Gasteiger partial charge >= 0.3 is 0 Å². The zero-order chi connectivity index (χ0) is 21.8. The minimum Gasteiger partial charge on any atom is -0.489 e. The van der Waals surface area contributed by atoms with Crippen LogP contribution in [-0.2, 0) is 4.74 Å². The Morgan fingerprint density at radius 2 is 2.16 bits per heavy atom. The van der Waals surface area contributed by atoms with Gasteiger partial charge in [0.1, 0.15) is 17.4 Å². The highest BCUT2D eigenvalue weighted by Crippen LogP contribution is 2.36. The SMILES string of the molecule is Cc1ccc([C@@H](C)NC(=O)c2cccc(-c3ncc(C)s3)c2OC[C@@H]2CCCO2)nn1. The predicted octanol–water partition coefficient (Wildman–Crippen LogP) is 4.27. The van der Waals surface area contributed by atoms with E-state index < -0.39 is 0 Å². The monoisotopic (exact) mass is 438 g/mol. The number of para-hydroxylation sites is 1. The van der Waals surface area contributed by atoms with Gasteiger partial charge in [0, 0.05) is 17.7 Å². The summed E-state index contributed by atoms with van der Waals surface area (Å²) in [6.07, 6.45) is 3.87. The molecule has 31 heavy (non-hydrogen) atoms. The lowest BCUT2D eigenvalue weighted by Gasteiger charge is -2.19. The summed E-state index contributed by atoms with van der Waals surface area (Å²) in [6.45, 7) is 6.93. The number of nitrogens with one attached hydrogen (secondary N) is 1. The van der Waals surface area contributed by atoms with Crippen molar-refractivity contribution >= 4 is 17.2 Å². The normalized spacial score (nSPS) is 16.8. The summed E-state index contributed by atoms with van der Waals surface area (Å²) < 4.78 is 11.9. The molecule has 3 heterocycles. The van der Waals surface area contributed by atoms with Gasteiger partial charge in [0.05, 0.1) is 34.7 Å². The Balaban J connectivity index is 1.61. The van der Waals surface area contributed by atoms with Crippen LogP contribution in [0.1, 0.15) is 52.4 Å². The van der Waals surface area contributed by atoms with Gasteiger partial charge in [-0.2, -0.15) is 10.2 Å². The highest BCUT2D eigenvalue weighted by molar-refractivity contribution is 7.15. The highest BCUT2D eigenvalue weighted by atomic mass is 32.1. The summed E-state index contributed by atoms with van der Waals surface area (Å²) in [6, 6.07) is 9.03. The van der Waals surface area contributed by atoms with Gasteiger partial charge in [0.25, 0.3) is 5.91 Å². The first-order valence-electron chi connectivity index (χ1n) is 10.4. The van der Waals surface area contributed by atoms with Crippen LogP contribution in [0.2, 0.25) is 0 Å². The van der Waals surface area contributed by atoms with E-state index in [0.717, 1.165) is 40.6 Å². The van der Waals surface area contributed by atoms with Crippen LogP contribution in [0.25, 0.3) is 10.6 Å². The van der Waals surface area contributed by atoms with Crippen molar-refractivity contribution in [2.75, 3.05) is 13.2 Å². The molecule has 1 N–H and O–H groups in total. The van der Waals surface area contributed by atoms with E-state index in [-0.39, 0.29) is 18.1 Å². The van der Waals surface area contributed by atoms with Crippen molar-refractivity contribution in [3.05, 3.63) is 58.4 Å². The van der Waals surface area contributed by atoms with E-state index >= 15 is 0 Å². The molecule has 8 heteroatoms. The minimum absolute atomic E-state index is 0.0451. The number of carbonyl (C=O) groups is 1. The standard InChI is InChI=1S/C23H26N4O3S/c1-14-9-10-20(27-26-14)16(3)25-22(28)18-7-4-8-19(23-24-12-15(2)31-23)21(18)30-13-17-6-5-11-29-17/h4,7-10,12,16-17H,5-6,11,13H2,1-3H3,(H,25,28)/t16-,17+/m1/s1. The quantitative estimate of drug-likeness (QED) is 0.593. The molecule has 1 amide bonds. The summed E-state index contributed by atoms with van der Waals surface area (Å²) >= 11 is 1.57. The van der Waals surface area contributed by atoms with Crippen molar-refractivity contribution in [3.8, 4) is 16.3 Å². The van der Waals surface area contributed by atoms with Crippen LogP contribution in [-0.4, -0.2) is 40.4 Å². The number of aryl methyl sites for hydroxylation is 2. The number of nitrogens with zero attached hydrogens (tertiary/aromatic N) is 3. The second-order valence-electron chi connectivity index (χ2n) is 7.70. The van der Waals surface area contributed by atoms with Crippen LogP contribution in [0.4, 0.5) is 0 Å². The van der Waals surface area contributed by atoms with Crippen molar-refractivity contribution in [2.24, 2.45) is 0 Å².